The van der Waals surface area contributed by atoms with Gasteiger partial charge < -0.3 is 21.5 Å². The number of amides is 2. The number of primary amides is 1. The van der Waals surface area contributed by atoms with Crippen LogP contribution in [0.15, 0.2) is 36.9 Å². The van der Waals surface area contributed by atoms with Crippen molar-refractivity contribution in [3.8, 4) is 17.0 Å². The van der Waals surface area contributed by atoms with Crippen molar-refractivity contribution in [3.05, 3.63) is 42.5 Å². The molecule has 1 fully saturated rings. The summed E-state index contributed by atoms with van der Waals surface area (Å²) in [6.45, 7) is 6.20. The van der Waals surface area contributed by atoms with Crippen LogP contribution < -0.4 is 21.5 Å². The number of nitrogen functional groups attached to an aromatic ring is 1. The standard InChI is InChI=1S/C21H27N5O3/c1-4-16(27)24-9-8-21(2)11-14(12-21)26-19(22)17(20(23)28)18(25-26)13-6-5-7-15(10-13)29-3/h4-7,10,14H,1,8-9,11-12,22H2,2-3H3,(H2,23,28)(H,24,27). The molecule has 0 saturated heterocycles. The van der Waals surface area contributed by atoms with E-state index in [1.54, 1.807) is 17.9 Å². The number of nitrogens with two attached hydrogens (primary N) is 2. The van der Waals surface area contributed by atoms with Gasteiger partial charge in [0.05, 0.1) is 13.2 Å². The number of rotatable bonds is 8. The fourth-order valence-corrected chi connectivity index (χ4v) is 3.96. The highest BCUT2D eigenvalue weighted by molar-refractivity contribution is 6.03. The average molecular weight is 397 g/mol. The second kappa shape index (κ2) is 7.98. The molecule has 0 atom stereocenters. The Morgan fingerprint density at radius 2 is 2.17 bits per heavy atom. The van der Waals surface area contributed by atoms with Crippen LogP contribution in [0.4, 0.5) is 5.82 Å². The van der Waals surface area contributed by atoms with Crippen LogP contribution in [0.25, 0.3) is 11.3 Å². The summed E-state index contributed by atoms with van der Waals surface area (Å²) in [6, 6.07) is 7.36. The van der Waals surface area contributed by atoms with Gasteiger partial charge in [0.25, 0.3) is 5.91 Å². The molecule has 2 amide bonds. The molecule has 1 aliphatic rings. The Balaban J connectivity index is 1.80. The molecule has 1 aliphatic carbocycles. The first-order valence-corrected chi connectivity index (χ1v) is 9.50. The minimum Gasteiger partial charge on any atom is -0.497 e. The second-order valence-electron chi connectivity index (χ2n) is 7.77. The summed E-state index contributed by atoms with van der Waals surface area (Å²) >= 11 is 0. The largest absolute Gasteiger partial charge is 0.497 e. The molecule has 1 saturated carbocycles. The first kappa shape index (κ1) is 20.4. The number of carbonyl (C=O) groups is 2. The quantitative estimate of drug-likeness (QED) is 0.589. The fraction of sp³-hybridized carbons (Fsp3) is 0.381. The SMILES string of the molecule is C=CC(=O)NCCC1(C)CC(n2nc(-c3cccc(OC)c3)c(C(N)=O)c2N)C1. The lowest BCUT2D eigenvalue weighted by Crippen LogP contribution is -2.39. The summed E-state index contributed by atoms with van der Waals surface area (Å²) in [7, 11) is 1.58. The van der Waals surface area contributed by atoms with Gasteiger partial charge in [0.15, 0.2) is 0 Å². The number of nitrogens with one attached hydrogen (secondary N) is 1. The summed E-state index contributed by atoms with van der Waals surface area (Å²) in [5, 5.41) is 7.44. The maximum Gasteiger partial charge on any atom is 0.254 e. The summed E-state index contributed by atoms with van der Waals surface area (Å²) < 4.78 is 6.97. The number of carbonyl (C=O) groups excluding carboxylic acids is 2. The van der Waals surface area contributed by atoms with Gasteiger partial charge in [0.1, 0.15) is 22.8 Å². The number of nitrogens with zero attached hydrogens (tertiary/aromatic N) is 2. The number of benzene rings is 1. The molecule has 8 heteroatoms. The molecule has 8 nitrogen and oxygen atoms in total. The molecule has 0 radical (unpaired) electrons. The van der Waals surface area contributed by atoms with Crippen molar-refractivity contribution in [3.63, 3.8) is 0 Å². The lowest BCUT2D eigenvalue weighted by molar-refractivity contribution is -0.116. The van der Waals surface area contributed by atoms with Crippen molar-refractivity contribution in [2.75, 3.05) is 19.4 Å². The maximum absolute atomic E-state index is 12.1. The average Bonchev–Trinajstić information content (AvgIpc) is 3.02. The Kier molecular flexibility index (Phi) is 5.63. The van der Waals surface area contributed by atoms with Crippen molar-refractivity contribution in [1.82, 2.24) is 15.1 Å². The van der Waals surface area contributed by atoms with Crippen molar-refractivity contribution in [1.29, 1.82) is 0 Å². The topological polar surface area (TPSA) is 125 Å². The predicted molar refractivity (Wildman–Crippen MR) is 111 cm³/mol. The van der Waals surface area contributed by atoms with Crippen LogP contribution in [0.5, 0.6) is 5.75 Å². The molecule has 1 aromatic carbocycles. The molecular weight excluding hydrogens is 370 g/mol. The van der Waals surface area contributed by atoms with Crippen LogP contribution in [0, 0.1) is 5.41 Å². The van der Waals surface area contributed by atoms with Crippen LogP contribution in [0.1, 0.15) is 42.6 Å². The van der Waals surface area contributed by atoms with Crippen LogP contribution in [0.2, 0.25) is 0 Å². The second-order valence-corrected chi connectivity index (χ2v) is 7.77. The van der Waals surface area contributed by atoms with Gasteiger partial charge in [0.2, 0.25) is 5.91 Å². The smallest absolute Gasteiger partial charge is 0.254 e. The van der Waals surface area contributed by atoms with E-state index in [4.69, 9.17) is 16.2 Å². The lowest BCUT2D eigenvalue weighted by atomic mass is 9.65. The van der Waals surface area contributed by atoms with Crippen LogP contribution in [0.3, 0.4) is 0 Å². The number of hydrogen-bond donors (Lipinski definition) is 3. The fourth-order valence-electron chi connectivity index (χ4n) is 3.96. The van der Waals surface area contributed by atoms with Crippen LogP contribution >= 0.6 is 0 Å². The summed E-state index contributed by atoms with van der Waals surface area (Å²) in [6.07, 6.45) is 3.80. The number of aromatic nitrogens is 2. The molecule has 2 aromatic rings. The first-order valence-electron chi connectivity index (χ1n) is 9.50. The van der Waals surface area contributed by atoms with Crippen molar-refractivity contribution < 1.29 is 14.3 Å². The van der Waals surface area contributed by atoms with Crippen LogP contribution in [-0.4, -0.2) is 35.2 Å². The van der Waals surface area contributed by atoms with E-state index < -0.39 is 5.91 Å². The van der Waals surface area contributed by atoms with Gasteiger partial charge in [-0.15, -0.1) is 0 Å². The van der Waals surface area contributed by atoms with E-state index in [1.807, 2.05) is 18.2 Å². The minimum atomic E-state index is -0.610. The van der Waals surface area contributed by atoms with E-state index in [1.165, 1.54) is 6.08 Å². The van der Waals surface area contributed by atoms with Crippen molar-refractivity contribution in [2.24, 2.45) is 11.1 Å². The third kappa shape index (κ3) is 4.11. The van der Waals surface area contributed by atoms with E-state index in [-0.39, 0.29) is 28.7 Å². The monoisotopic (exact) mass is 397 g/mol. The molecule has 0 spiro atoms. The highest BCUT2D eigenvalue weighted by Gasteiger charge is 2.42. The number of anilines is 1. The van der Waals surface area contributed by atoms with Gasteiger partial charge in [-0.25, -0.2) is 4.68 Å². The normalized spacial score (nSPS) is 20.6. The van der Waals surface area contributed by atoms with Gasteiger partial charge in [-0.05, 0) is 42.9 Å². The van der Waals surface area contributed by atoms with Crippen molar-refractivity contribution >= 4 is 17.6 Å². The number of hydrogen-bond acceptors (Lipinski definition) is 5. The zero-order valence-corrected chi connectivity index (χ0v) is 16.8. The first-order chi connectivity index (χ1) is 13.8. The van der Waals surface area contributed by atoms with Gasteiger partial charge in [-0.1, -0.05) is 25.6 Å². The van der Waals surface area contributed by atoms with Crippen LogP contribution in [-0.2, 0) is 4.79 Å². The van der Waals surface area contributed by atoms with Gasteiger partial charge in [-0.2, -0.15) is 5.10 Å². The molecule has 0 aliphatic heterocycles. The molecule has 154 valence electrons. The van der Waals surface area contributed by atoms with E-state index in [0.717, 1.165) is 24.8 Å². The number of ether oxygens (including phenoxy) is 1. The molecule has 1 aromatic heterocycles. The highest BCUT2D eigenvalue weighted by atomic mass is 16.5. The summed E-state index contributed by atoms with van der Waals surface area (Å²) in [5.41, 5.74) is 13.4. The Morgan fingerprint density at radius 3 is 2.79 bits per heavy atom. The molecule has 29 heavy (non-hydrogen) atoms. The Morgan fingerprint density at radius 1 is 1.45 bits per heavy atom. The zero-order valence-electron chi connectivity index (χ0n) is 16.8. The minimum absolute atomic E-state index is 0.0700. The Bertz CT molecular complexity index is 944. The van der Waals surface area contributed by atoms with Gasteiger partial charge >= 0.3 is 0 Å². The molecule has 3 rings (SSSR count). The molecule has 1 heterocycles. The van der Waals surface area contributed by atoms with Gasteiger partial charge in [0, 0.05) is 12.1 Å². The third-order valence-corrected chi connectivity index (χ3v) is 5.55. The van der Waals surface area contributed by atoms with Crippen molar-refractivity contribution in [2.45, 2.75) is 32.2 Å². The zero-order chi connectivity index (χ0) is 21.2. The van der Waals surface area contributed by atoms with E-state index in [0.29, 0.717) is 18.0 Å². The summed E-state index contributed by atoms with van der Waals surface area (Å²) in [5.74, 6) is 0.154. The maximum atomic E-state index is 12.1. The Labute approximate surface area is 169 Å². The van der Waals surface area contributed by atoms with E-state index >= 15 is 0 Å². The van der Waals surface area contributed by atoms with Gasteiger partial charge in [-0.3, -0.25) is 9.59 Å². The Hall–Kier alpha value is -3.29. The molecular formula is C21H27N5O3. The number of methoxy groups -OCH3 is 1. The van der Waals surface area contributed by atoms with E-state index in [9.17, 15) is 9.59 Å². The lowest BCUT2D eigenvalue weighted by Gasteiger charge is -2.45. The molecule has 0 bridgehead atoms. The van der Waals surface area contributed by atoms with E-state index in [2.05, 4.69) is 23.9 Å². The third-order valence-electron chi connectivity index (χ3n) is 5.55. The molecule has 5 N–H and O–H groups in total. The summed E-state index contributed by atoms with van der Waals surface area (Å²) in [4.78, 5) is 23.4. The highest BCUT2D eigenvalue weighted by Crippen LogP contribution is 2.51. The molecule has 0 unspecified atom stereocenters. The predicted octanol–water partition coefficient (Wildman–Crippen LogP) is 2.27.